The van der Waals surface area contributed by atoms with Gasteiger partial charge in [-0.3, -0.25) is 9.59 Å². The molecular weight excluding hydrogens is 484 g/mol. The minimum absolute atomic E-state index is 0.0575. The molecule has 0 aromatic heterocycles. The van der Waals surface area contributed by atoms with Gasteiger partial charge < -0.3 is 31.2 Å². The van der Waals surface area contributed by atoms with Crippen LogP contribution < -0.4 is 21.7 Å². The Balaban J connectivity index is 2.10. The average Bonchev–Trinajstić information content (AvgIpc) is 2.91. The largest absolute Gasteiger partial charge is 0.445 e. The van der Waals surface area contributed by atoms with E-state index in [4.69, 9.17) is 10.5 Å². The number of alkyl carbamates (subject to hydrolysis) is 1. The SMILES string of the molecule is CC(C)C[C@H](NC(=O)[C@H](Cc1ccccc1)NC(=O)OCc1ccccc1)C(=O)NC(C=O)CCCCN. The number of hydrogen-bond acceptors (Lipinski definition) is 6. The summed E-state index contributed by atoms with van der Waals surface area (Å²) in [5, 5.41) is 8.16. The molecule has 2 aromatic carbocycles. The second-order valence-corrected chi connectivity index (χ2v) is 9.67. The lowest BCUT2D eigenvalue weighted by Crippen LogP contribution is -2.56. The Hall–Kier alpha value is -3.72. The first-order valence-electron chi connectivity index (χ1n) is 13.1. The highest BCUT2D eigenvalue weighted by molar-refractivity contribution is 5.92. The Kier molecular flexibility index (Phi) is 13.6. The van der Waals surface area contributed by atoms with E-state index in [2.05, 4.69) is 16.0 Å². The first-order chi connectivity index (χ1) is 18.3. The van der Waals surface area contributed by atoms with E-state index in [1.165, 1.54) is 0 Å². The van der Waals surface area contributed by atoms with Crippen LogP contribution in [0.15, 0.2) is 60.7 Å². The predicted octanol–water partition coefficient (Wildman–Crippen LogP) is 2.87. The molecule has 38 heavy (non-hydrogen) atoms. The molecule has 0 spiro atoms. The standard InChI is InChI=1S/C29H40N4O5/c1-21(2)17-25(27(35)31-24(19-34)15-9-10-16-30)32-28(36)26(18-22-11-5-3-6-12-22)33-29(37)38-20-23-13-7-4-8-14-23/h3-8,11-14,19,21,24-26H,9-10,15-18,20,30H2,1-2H3,(H,31,35)(H,32,36)(H,33,37)/t24?,25-,26-/m0/s1. The fourth-order valence-electron chi connectivity index (χ4n) is 3.91. The van der Waals surface area contributed by atoms with Gasteiger partial charge in [-0.2, -0.15) is 0 Å². The second kappa shape index (κ2) is 16.9. The van der Waals surface area contributed by atoms with Crippen LogP contribution in [-0.4, -0.2) is 48.9 Å². The van der Waals surface area contributed by atoms with Gasteiger partial charge in [0.25, 0.3) is 0 Å². The smallest absolute Gasteiger partial charge is 0.408 e. The van der Waals surface area contributed by atoms with Gasteiger partial charge in [0.15, 0.2) is 0 Å². The molecule has 2 aromatic rings. The van der Waals surface area contributed by atoms with E-state index in [9.17, 15) is 19.2 Å². The first kappa shape index (κ1) is 30.5. The summed E-state index contributed by atoms with van der Waals surface area (Å²) >= 11 is 0. The highest BCUT2D eigenvalue weighted by Gasteiger charge is 2.29. The van der Waals surface area contributed by atoms with Crippen LogP contribution in [-0.2, 0) is 32.1 Å². The Morgan fingerprint density at radius 1 is 0.842 bits per heavy atom. The number of benzene rings is 2. The Labute approximate surface area is 224 Å². The van der Waals surface area contributed by atoms with Crippen molar-refractivity contribution in [2.45, 2.75) is 70.7 Å². The van der Waals surface area contributed by atoms with E-state index in [-0.39, 0.29) is 18.9 Å². The minimum Gasteiger partial charge on any atom is -0.445 e. The molecule has 9 nitrogen and oxygen atoms in total. The molecule has 0 aliphatic heterocycles. The van der Waals surface area contributed by atoms with Crippen molar-refractivity contribution in [2.24, 2.45) is 11.7 Å². The van der Waals surface area contributed by atoms with Gasteiger partial charge in [0.05, 0.1) is 6.04 Å². The number of aldehydes is 1. The summed E-state index contributed by atoms with van der Waals surface area (Å²) in [6, 6.07) is 16.0. The molecule has 2 rings (SSSR count). The number of nitrogens with one attached hydrogen (secondary N) is 3. The summed E-state index contributed by atoms with van der Waals surface area (Å²) in [4.78, 5) is 50.5. The van der Waals surface area contributed by atoms with E-state index in [0.29, 0.717) is 32.1 Å². The van der Waals surface area contributed by atoms with Gasteiger partial charge in [-0.05, 0) is 49.3 Å². The molecule has 0 saturated carbocycles. The van der Waals surface area contributed by atoms with Crippen LogP contribution in [0.2, 0.25) is 0 Å². The Morgan fingerprint density at radius 2 is 1.45 bits per heavy atom. The summed E-state index contributed by atoms with van der Waals surface area (Å²) in [5.41, 5.74) is 7.17. The number of ether oxygens (including phenoxy) is 1. The second-order valence-electron chi connectivity index (χ2n) is 9.67. The molecule has 0 aliphatic rings. The van der Waals surface area contributed by atoms with Crippen molar-refractivity contribution >= 4 is 24.2 Å². The molecule has 0 aliphatic carbocycles. The zero-order valence-corrected chi connectivity index (χ0v) is 22.2. The van der Waals surface area contributed by atoms with E-state index in [1.54, 1.807) is 0 Å². The van der Waals surface area contributed by atoms with Gasteiger partial charge in [-0.15, -0.1) is 0 Å². The number of amides is 3. The third kappa shape index (κ3) is 11.6. The summed E-state index contributed by atoms with van der Waals surface area (Å²) in [7, 11) is 0. The zero-order chi connectivity index (χ0) is 27.8. The Morgan fingerprint density at radius 3 is 2.03 bits per heavy atom. The summed E-state index contributed by atoms with van der Waals surface area (Å²) in [5.74, 6) is -0.867. The number of carbonyl (C=O) groups is 4. The molecule has 3 amide bonds. The molecule has 0 fully saturated rings. The molecule has 0 bridgehead atoms. The molecule has 0 heterocycles. The predicted molar refractivity (Wildman–Crippen MR) is 146 cm³/mol. The highest BCUT2D eigenvalue weighted by Crippen LogP contribution is 2.10. The molecule has 9 heteroatoms. The molecule has 0 saturated heterocycles. The van der Waals surface area contributed by atoms with Gasteiger partial charge in [-0.25, -0.2) is 4.79 Å². The number of nitrogens with two attached hydrogens (primary N) is 1. The lowest BCUT2D eigenvalue weighted by atomic mass is 10.0. The van der Waals surface area contributed by atoms with E-state index in [1.807, 2.05) is 74.5 Å². The minimum atomic E-state index is -0.977. The van der Waals surface area contributed by atoms with Gasteiger partial charge in [-0.1, -0.05) is 74.5 Å². The third-order valence-electron chi connectivity index (χ3n) is 5.91. The summed E-state index contributed by atoms with van der Waals surface area (Å²) in [6.45, 7) is 4.44. The lowest BCUT2D eigenvalue weighted by Gasteiger charge is -2.25. The van der Waals surface area contributed by atoms with Crippen molar-refractivity contribution in [1.82, 2.24) is 16.0 Å². The zero-order valence-electron chi connectivity index (χ0n) is 22.2. The topological polar surface area (TPSA) is 140 Å². The first-order valence-corrected chi connectivity index (χ1v) is 13.1. The Bertz CT molecular complexity index is 1000. The summed E-state index contributed by atoms with van der Waals surface area (Å²) < 4.78 is 5.32. The number of hydrogen-bond donors (Lipinski definition) is 4. The van der Waals surface area contributed by atoms with Gasteiger partial charge >= 0.3 is 6.09 Å². The highest BCUT2D eigenvalue weighted by atomic mass is 16.5. The maximum atomic E-state index is 13.4. The number of carbonyl (C=O) groups excluding carboxylic acids is 4. The number of rotatable bonds is 16. The van der Waals surface area contributed by atoms with Crippen LogP contribution in [0.3, 0.4) is 0 Å². The van der Waals surface area contributed by atoms with Crippen molar-refractivity contribution in [3.8, 4) is 0 Å². The summed E-state index contributed by atoms with van der Waals surface area (Å²) in [6.07, 6.45) is 2.46. The van der Waals surface area contributed by atoms with Crippen molar-refractivity contribution in [2.75, 3.05) is 6.54 Å². The van der Waals surface area contributed by atoms with Crippen molar-refractivity contribution in [3.63, 3.8) is 0 Å². The van der Waals surface area contributed by atoms with Crippen LogP contribution in [0.4, 0.5) is 4.79 Å². The normalized spacial score (nSPS) is 13.2. The third-order valence-corrected chi connectivity index (χ3v) is 5.91. The van der Waals surface area contributed by atoms with Crippen molar-refractivity contribution < 1.29 is 23.9 Å². The van der Waals surface area contributed by atoms with E-state index >= 15 is 0 Å². The van der Waals surface area contributed by atoms with Crippen LogP contribution in [0.5, 0.6) is 0 Å². The number of unbranched alkanes of at least 4 members (excludes halogenated alkanes) is 1. The molecule has 206 valence electrons. The van der Waals surface area contributed by atoms with Crippen LogP contribution in [0, 0.1) is 5.92 Å². The van der Waals surface area contributed by atoms with Gasteiger partial charge in [0.1, 0.15) is 25.0 Å². The fourth-order valence-corrected chi connectivity index (χ4v) is 3.91. The maximum absolute atomic E-state index is 13.4. The average molecular weight is 525 g/mol. The van der Waals surface area contributed by atoms with Crippen LogP contribution in [0.25, 0.3) is 0 Å². The molecular formula is C29H40N4O5. The molecule has 3 atom stereocenters. The molecule has 1 unspecified atom stereocenters. The fraction of sp³-hybridized carbons (Fsp3) is 0.448. The quantitative estimate of drug-likeness (QED) is 0.197. The van der Waals surface area contributed by atoms with E-state index in [0.717, 1.165) is 17.5 Å². The van der Waals surface area contributed by atoms with Crippen molar-refractivity contribution in [1.29, 1.82) is 0 Å². The van der Waals surface area contributed by atoms with Crippen LogP contribution in [0.1, 0.15) is 50.7 Å². The monoisotopic (exact) mass is 524 g/mol. The van der Waals surface area contributed by atoms with Crippen molar-refractivity contribution in [3.05, 3.63) is 71.8 Å². The molecule has 5 N–H and O–H groups in total. The lowest BCUT2D eigenvalue weighted by molar-refractivity contribution is -0.131. The maximum Gasteiger partial charge on any atom is 0.408 e. The van der Waals surface area contributed by atoms with Crippen LogP contribution >= 0.6 is 0 Å². The van der Waals surface area contributed by atoms with Gasteiger partial charge in [0, 0.05) is 6.42 Å². The molecule has 0 radical (unpaired) electrons. The van der Waals surface area contributed by atoms with Gasteiger partial charge in [0.2, 0.25) is 11.8 Å². The van der Waals surface area contributed by atoms with E-state index < -0.39 is 36.0 Å².